The van der Waals surface area contributed by atoms with Crippen LogP contribution in [-0.2, 0) is 6.54 Å². The molecular formula is C11H6Cl3N3O3. The maximum Gasteiger partial charge on any atom is 0.287 e. The fourth-order valence-electron chi connectivity index (χ4n) is 1.56. The van der Waals surface area contributed by atoms with Crippen LogP contribution in [0.3, 0.4) is 0 Å². The molecular weight excluding hydrogens is 328 g/mol. The van der Waals surface area contributed by atoms with E-state index >= 15 is 0 Å². The molecule has 1 aromatic heterocycles. The van der Waals surface area contributed by atoms with Crippen LogP contribution in [0.5, 0.6) is 0 Å². The van der Waals surface area contributed by atoms with Gasteiger partial charge in [-0.3, -0.25) is 14.9 Å². The largest absolute Gasteiger partial charge is 0.287 e. The second-order valence-electron chi connectivity index (χ2n) is 3.80. The third kappa shape index (κ3) is 2.92. The molecule has 0 saturated heterocycles. The van der Waals surface area contributed by atoms with Crippen molar-refractivity contribution in [1.29, 1.82) is 0 Å². The molecule has 0 fully saturated rings. The fraction of sp³-hybridized carbons (Fsp3) is 0.0909. The van der Waals surface area contributed by atoms with E-state index in [1.54, 1.807) is 0 Å². The van der Waals surface area contributed by atoms with E-state index in [1.807, 2.05) is 0 Å². The number of nitrogens with zero attached hydrogens (tertiary/aromatic N) is 3. The van der Waals surface area contributed by atoms with Crippen molar-refractivity contribution in [2.75, 3.05) is 0 Å². The molecule has 0 saturated carbocycles. The highest BCUT2D eigenvalue weighted by molar-refractivity contribution is 6.41. The number of rotatable bonds is 3. The molecule has 2 aromatic rings. The molecule has 0 unspecified atom stereocenters. The molecule has 0 amide bonds. The van der Waals surface area contributed by atoms with Crippen molar-refractivity contribution in [3.8, 4) is 0 Å². The van der Waals surface area contributed by atoms with Crippen LogP contribution in [-0.4, -0.2) is 14.7 Å². The van der Waals surface area contributed by atoms with Gasteiger partial charge >= 0.3 is 0 Å². The summed E-state index contributed by atoms with van der Waals surface area (Å²) in [7, 11) is 0. The van der Waals surface area contributed by atoms with Crippen molar-refractivity contribution < 1.29 is 4.92 Å². The Balaban J connectivity index is 2.48. The highest BCUT2D eigenvalue weighted by Gasteiger charge is 2.16. The lowest BCUT2D eigenvalue weighted by atomic mass is 10.2. The average molecular weight is 335 g/mol. The Morgan fingerprint density at radius 3 is 2.65 bits per heavy atom. The van der Waals surface area contributed by atoms with Crippen molar-refractivity contribution in [3.05, 3.63) is 65.5 Å². The van der Waals surface area contributed by atoms with Gasteiger partial charge in [0.2, 0.25) is 0 Å². The van der Waals surface area contributed by atoms with Gasteiger partial charge in [0.05, 0.1) is 28.3 Å². The second-order valence-corrected chi connectivity index (χ2v) is 5.02. The van der Waals surface area contributed by atoms with E-state index in [9.17, 15) is 14.9 Å². The predicted molar refractivity (Wildman–Crippen MR) is 75.7 cm³/mol. The lowest BCUT2D eigenvalue weighted by molar-refractivity contribution is -0.385. The first-order chi connectivity index (χ1) is 9.40. The quantitative estimate of drug-likeness (QED) is 0.638. The number of benzene rings is 1. The van der Waals surface area contributed by atoms with Gasteiger partial charge in [-0.25, -0.2) is 4.68 Å². The van der Waals surface area contributed by atoms with Gasteiger partial charge in [-0.2, -0.15) is 5.10 Å². The molecule has 1 aromatic carbocycles. The minimum Gasteiger partial charge on any atom is -0.266 e. The molecule has 9 heteroatoms. The van der Waals surface area contributed by atoms with Crippen LogP contribution >= 0.6 is 34.8 Å². The van der Waals surface area contributed by atoms with Gasteiger partial charge in [-0.05, 0) is 12.1 Å². The summed E-state index contributed by atoms with van der Waals surface area (Å²) >= 11 is 17.1. The summed E-state index contributed by atoms with van der Waals surface area (Å²) in [4.78, 5) is 22.2. The van der Waals surface area contributed by atoms with Crippen molar-refractivity contribution in [3.63, 3.8) is 0 Å². The molecule has 0 aliphatic carbocycles. The number of aromatic nitrogens is 2. The normalized spacial score (nSPS) is 10.6. The molecule has 104 valence electrons. The van der Waals surface area contributed by atoms with Crippen LogP contribution in [0.15, 0.2) is 29.2 Å². The van der Waals surface area contributed by atoms with Gasteiger partial charge < -0.3 is 0 Å². The monoisotopic (exact) mass is 333 g/mol. The summed E-state index contributed by atoms with van der Waals surface area (Å²) in [6.45, 7) is -0.108. The van der Waals surface area contributed by atoms with Gasteiger partial charge in [-0.1, -0.05) is 34.8 Å². The molecule has 0 radical (unpaired) electrons. The highest BCUT2D eigenvalue weighted by Crippen LogP contribution is 2.24. The third-order valence-electron chi connectivity index (χ3n) is 2.51. The smallest absolute Gasteiger partial charge is 0.266 e. The fourth-order valence-corrected chi connectivity index (χ4v) is 2.00. The third-order valence-corrected chi connectivity index (χ3v) is 3.49. The minimum atomic E-state index is -0.622. The summed E-state index contributed by atoms with van der Waals surface area (Å²) in [6.07, 6.45) is 1.20. The number of nitro groups is 1. The van der Waals surface area contributed by atoms with Crippen LogP contribution in [0, 0.1) is 10.1 Å². The Hall–Kier alpha value is -1.63. The van der Waals surface area contributed by atoms with Gasteiger partial charge in [-0.15, -0.1) is 0 Å². The Morgan fingerprint density at radius 2 is 2.00 bits per heavy atom. The predicted octanol–water partition coefficient (Wildman–Crippen LogP) is 3.16. The Labute approximate surface area is 127 Å². The first kappa shape index (κ1) is 14.8. The molecule has 2 rings (SSSR count). The standard InChI is InChI=1S/C11H6Cl3N3O3/c12-7-2-1-6(9(3-7)17(19)20)5-16-11(18)10(14)8(13)4-15-16/h1-4H,5H2. The number of nitro benzene ring substituents is 1. The summed E-state index contributed by atoms with van der Waals surface area (Å²) in [5.41, 5.74) is -0.534. The van der Waals surface area contributed by atoms with Gasteiger partial charge in [0.25, 0.3) is 11.2 Å². The number of hydrogen-bond donors (Lipinski definition) is 0. The molecule has 0 bridgehead atoms. The Bertz CT molecular complexity index is 745. The zero-order valence-corrected chi connectivity index (χ0v) is 12.0. The molecule has 0 atom stereocenters. The average Bonchev–Trinajstić information content (AvgIpc) is 2.41. The summed E-state index contributed by atoms with van der Waals surface area (Å²) < 4.78 is 0.991. The van der Waals surface area contributed by atoms with E-state index in [0.717, 1.165) is 4.68 Å². The van der Waals surface area contributed by atoms with Crippen molar-refractivity contribution in [1.82, 2.24) is 9.78 Å². The van der Waals surface area contributed by atoms with Crippen LogP contribution in [0.2, 0.25) is 15.1 Å². The molecule has 0 aliphatic rings. The molecule has 1 heterocycles. The van der Waals surface area contributed by atoms with E-state index in [1.165, 1.54) is 24.4 Å². The van der Waals surface area contributed by atoms with Gasteiger partial charge in [0, 0.05) is 11.1 Å². The number of hydrogen-bond acceptors (Lipinski definition) is 4. The van der Waals surface area contributed by atoms with E-state index < -0.39 is 10.5 Å². The van der Waals surface area contributed by atoms with Gasteiger partial charge in [0.1, 0.15) is 5.02 Å². The highest BCUT2D eigenvalue weighted by atomic mass is 35.5. The first-order valence-corrected chi connectivity index (χ1v) is 6.37. The Kier molecular flexibility index (Phi) is 4.27. The van der Waals surface area contributed by atoms with E-state index in [2.05, 4.69) is 5.10 Å². The molecule has 0 aliphatic heterocycles. The zero-order chi connectivity index (χ0) is 14.9. The molecule has 0 spiro atoms. The summed E-state index contributed by atoms with van der Waals surface area (Å²) in [5.74, 6) is 0. The minimum absolute atomic E-state index is 0.0264. The molecule has 20 heavy (non-hydrogen) atoms. The van der Waals surface area contributed by atoms with E-state index in [4.69, 9.17) is 34.8 Å². The molecule has 0 N–H and O–H groups in total. The van der Waals surface area contributed by atoms with Crippen molar-refractivity contribution in [2.24, 2.45) is 0 Å². The van der Waals surface area contributed by atoms with Crippen molar-refractivity contribution in [2.45, 2.75) is 6.54 Å². The van der Waals surface area contributed by atoms with Crippen LogP contribution in [0.4, 0.5) is 5.69 Å². The lowest BCUT2D eigenvalue weighted by Gasteiger charge is -2.06. The zero-order valence-electron chi connectivity index (χ0n) is 9.72. The van der Waals surface area contributed by atoms with E-state index in [0.29, 0.717) is 0 Å². The molecule has 6 nitrogen and oxygen atoms in total. The first-order valence-electron chi connectivity index (χ1n) is 5.24. The maximum absolute atomic E-state index is 11.8. The van der Waals surface area contributed by atoms with Crippen LogP contribution in [0.25, 0.3) is 0 Å². The number of halogens is 3. The summed E-state index contributed by atoms with van der Waals surface area (Å²) in [6, 6.07) is 4.16. The summed E-state index contributed by atoms with van der Waals surface area (Å²) in [5, 5.41) is 14.8. The van der Waals surface area contributed by atoms with Crippen molar-refractivity contribution >= 4 is 40.5 Å². The van der Waals surface area contributed by atoms with Crippen LogP contribution < -0.4 is 5.56 Å². The Morgan fingerprint density at radius 1 is 1.30 bits per heavy atom. The topological polar surface area (TPSA) is 78.0 Å². The van der Waals surface area contributed by atoms with Crippen LogP contribution in [0.1, 0.15) is 5.56 Å². The maximum atomic E-state index is 11.8. The SMILES string of the molecule is O=c1c(Cl)c(Cl)cnn1Cc1ccc(Cl)cc1[N+](=O)[O-]. The van der Waals surface area contributed by atoms with E-state index in [-0.39, 0.29) is 32.9 Å². The second kappa shape index (κ2) is 5.78. The van der Waals surface area contributed by atoms with Gasteiger partial charge in [0.15, 0.2) is 0 Å². The lowest BCUT2D eigenvalue weighted by Crippen LogP contribution is -2.24.